The first-order valence-corrected chi connectivity index (χ1v) is 8.11. The van der Waals surface area contributed by atoms with Gasteiger partial charge in [-0.15, -0.1) is 11.3 Å². The molecule has 0 bridgehead atoms. The fourth-order valence-electron chi connectivity index (χ4n) is 1.76. The predicted molar refractivity (Wildman–Crippen MR) is 75.4 cm³/mol. The zero-order valence-electron chi connectivity index (χ0n) is 10.5. The van der Waals surface area contributed by atoms with Crippen molar-refractivity contribution in [2.45, 2.75) is 25.0 Å². The lowest BCUT2D eigenvalue weighted by Gasteiger charge is -2.07. The van der Waals surface area contributed by atoms with E-state index in [0.717, 1.165) is 11.1 Å². The molecule has 4 nitrogen and oxygen atoms in total. The number of rotatable bonds is 5. The molecule has 0 amide bonds. The van der Waals surface area contributed by atoms with Gasteiger partial charge < -0.3 is 5.11 Å². The van der Waals surface area contributed by atoms with Crippen LogP contribution in [0, 0.1) is 6.92 Å². The van der Waals surface area contributed by atoms with Crippen molar-refractivity contribution in [3.05, 3.63) is 51.7 Å². The molecule has 1 aromatic carbocycles. The van der Waals surface area contributed by atoms with Gasteiger partial charge in [-0.1, -0.05) is 29.8 Å². The van der Waals surface area contributed by atoms with Crippen molar-refractivity contribution >= 4 is 21.4 Å². The third-order valence-electron chi connectivity index (χ3n) is 2.69. The molecule has 0 saturated heterocycles. The predicted octanol–water partition coefficient (Wildman–Crippen LogP) is 2.03. The molecular weight excluding hydrogens is 282 g/mol. The van der Waals surface area contributed by atoms with Gasteiger partial charge in [-0.25, -0.2) is 13.1 Å². The molecule has 19 heavy (non-hydrogen) atoms. The number of aryl methyl sites for hydroxylation is 1. The van der Waals surface area contributed by atoms with Gasteiger partial charge in [0.2, 0.25) is 10.0 Å². The molecule has 0 unspecified atom stereocenters. The Kier molecular flexibility index (Phi) is 4.36. The molecule has 1 heterocycles. The summed E-state index contributed by atoms with van der Waals surface area (Å²) in [5.41, 5.74) is 1.99. The van der Waals surface area contributed by atoms with Crippen LogP contribution >= 0.6 is 11.3 Å². The second-order valence-electron chi connectivity index (χ2n) is 4.18. The first kappa shape index (κ1) is 14.2. The average molecular weight is 297 g/mol. The van der Waals surface area contributed by atoms with Crippen LogP contribution in [0.5, 0.6) is 0 Å². The molecule has 0 aliphatic rings. The number of aliphatic hydroxyl groups is 1. The number of aliphatic hydroxyl groups excluding tert-OH is 1. The molecule has 0 fully saturated rings. The maximum absolute atomic E-state index is 12.1. The topological polar surface area (TPSA) is 66.4 Å². The number of sulfonamides is 1. The summed E-state index contributed by atoms with van der Waals surface area (Å²) in [6, 6.07) is 9.16. The van der Waals surface area contributed by atoms with Crippen molar-refractivity contribution in [3.8, 4) is 0 Å². The highest BCUT2D eigenvalue weighted by Crippen LogP contribution is 2.21. The Balaban J connectivity index is 2.14. The molecule has 6 heteroatoms. The standard InChI is InChI=1S/C13H15NO3S2/c1-10-3-2-4-11(7-10)8-14-19(16,17)13-5-6-18-12(13)9-15/h2-7,14-15H,8-9H2,1H3. The summed E-state index contributed by atoms with van der Waals surface area (Å²) in [4.78, 5) is 0.615. The molecule has 0 aliphatic heterocycles. The normalized spacial score (nSPS) is 11.7. The lowest BCUT2D eigenvalue weighted by atomic mass is 10.1. The smallest absolute Gasteiger partial charge is 0.242 e. The van der Waals surface area contributed by atoms with E-state index in [0.29, 0.717) is 4.88 Å². The van der Waals surface area contributed by atoms with Crippen molar-refractivity contribution in [2.24, 2.45) is 0 Å². The quantitative estimate of drug-likeness (QED) is 0.887. The van der Waals surface area contributed by atoms with Crippen molar-refractivity contribution in [1.82, 2.24) is 4.72 Å². The van der Waals surface area contributed by atoms with E-state index in [-0.39, 0.29) is 18.0 Å². The van der Waals surface area contributed by atoms with E-state index in [9.17, 15) is 8.42 Å². The van der Waals surface area contributed by atoms with E-state index in [4.69, 9.17) is 5.11 Å². The van der Waals surface area contributed by atoms with Gasteiger partial charge in [0.05, 0.1) is 11.5 Å². The van der Waals surface area contributed by atoms with Crippen molar-refractivity contribution in [2.75, 3.05) is 0 Å². The highest BCUT2D eigenvalue weighted by Gasteiger charge is 2.18. The van der Waals surface area contributed by atoms with Gasteiger partial charge in [-0.05, 0) is 23.9 Å². The minimum Gasteiger partial charge on any atom is -0.391 e. The number of hydrogen-bond donors (Lipinski definition) is 2. The average Bonchev–Trinajstić information content (AvgIpc) is 2.86. The molecule has 2 aromatic rings. The summed E-state index contributed by atoms with van der Waals surface area (Å²) in [6.45, 7) is 1.93. The third kappa shape index (κ3) is 3.42. The van der Waals surface area contributed by atoms with Gasteiger partial charge in [-0.2, -0.15) is 0 Å². The second kappa shape index (κ2) is 5.83. The van der Waals surface area contributed by atoms with E-state index >= 15 is 0 Å². The number of hydrogen-bond acceptors (Lipinski definition) is 4. The van der Waals surface area contributed by atoms with Crippen LogP contribution in [0.2, 0.25) is 0 Å². The maximum atomic E-state index is 12.1. The summed E-state index contributed by atoms with van der Waals surface area (Å²) in [7, 11) is -3.57. The van der Waals surface area contributed by atoms with Crippen LogP contribution in [0.4, 0.5) is 0 Å². The van der Waals surface area contributed by atoms with Crippen LogP contribution in [0.3, 0.4) is 0 Å². The molecule has 2 rings (SSSR count). The van der Waals surface area contributed by atoms with Gasteiger partial charge >= 0.3 is 0 Å². The minimum absolute atomic E-state index is 0.160. The molecule has 0 aliphatic carbocycles. The van der Waals surface area contributed by atoms with Crippen molar-refractivity contribution in [3.63, 3.8) is 0 Å². The van der Waals surface area contributed by atoms with Gasteiger partial charge in [-0.3, -0.25) is 0 Å². The van der Waals surface area contributed by atoms with Crippen LogP contribution in [0.15, 0.2) is 40.6 Å². The largest absolute Gasteiger partial charge is 0.391 e. The maximum Gasteiger partial charge on any atom is 0.242 e. The fraction of sp³-hybridized carbons (Fsp3) is 0.231. The highest BCUT2D eigenvalue weighted by atomic mass is 32.2. The highest BCUT2D eigenvalue weighted by molar-refractivity contribution is 7.89. The third-order valence-corrected chi connectivity index (χ3v) is 5.21. The van der Waals surface area contributed by atoms with Crippen molar-refractivity contribution < 1.29 is 13.5 Å². The Hall–Kier alpha value is -1.21. The zero-order valence-corrected chi connectivity index (χ0v) is 12.1. The van der Waals surface area contributed by atoms with Crippen LogP contribution in [0.25, 0.3) is 0 Å². The lowest BCUT2D eigenvalue weighted by molar-refractivity contribution is 0.282. The second-order valence-corrected chi connectivity index (χ2v) is 6.92. The summed E-state index contributed by atoms with van der Waals surface area (Å²) >= 11 is 1.23. The van der Waals surface area contributed by atoms with Gasteiger partial charge in [0.1, 0.15) is 0 Å². The molecular formula is C13H15NO3S2. The van der Waals surface area contributed by atoms with Crippen LogP contribution in [0.1, 0.15) is 16.0 Å². The van der Waals surface area contributed by atoms with Gasteiger partial charge in [0.25, 0.3) is 0 Å². The van der Waals surface area contributed by atoms with E-state index in [1.807, 2.05) is 31.2 Å². The van der Waals surface area contributed by atoms with Gasteiger partial charge in [0, 0.05) is 11.4 Å². The molecule has 0 atom stereocenters. The first-order valence-electron chi connectivity index (χ1n) is 5.75. The summed E-state index contributed by atoms with van der Waals surface area (Å²) in [5.74, 6) is 0. The molecule has 0 radical (unpaired) electrons. The van der Waals surface area contributed by atoms with E-state index < -0.39 is 10.0 Å². The van der Waals surface area contributed by atoms with Crippen LogP contribution < -0.4 is 4.72 Å². The van der Waals surface area contributed by atoms with Gasteiger partial charge in [0.15, 0.2) is 0 Å². The summed E-state index contributed by atoms with van der Waals surface area (Å²) < 4.78 is 26.8. The summed E-state index contributed by atoms with van der Waals surface area (Å²) in [6.07, 6.45) is 0. The summed E-state index contributed by atoms with van der Waals surface area (Å²) in [5, 5.41) is 10.8. The number of nitrogens with one attached hydrogen (secondary N) is 1. The zero-order chi connectivity index (χ0) is 13.9. The Bertz CT molecular complexity index is 662. The Morgan fingerprint density at radius 2 is 2.11 bits per heavy atom. The SMILES string of the molecule is Cc1cccc(CNS(=O)(=O)c2ccsc2CO)c1. The molecule has 2 N–H and O–H groups in total. The molecule has 1 aromatic heterocycles. The Labute approximate surface area is 116 Å². The monoisotopic (exact) mass is 297 g/mol. The Morgan fingerprint density at radius 1 is 1.32 bits per heavy atom. The Morgan fingerprint density at radius 3 is 2.79 bits per heavy atom. The number of benzene rings is 1. The van der Waals surface area contributed by atoms with E-state index in [1.54, 1.807) is 5.38 Å². The lowest BCUT2D eigenvalue weighted by Crippen LogP contribution is -2.23. The van der Waals surface area contributed by atoms with E-state index in [2.05, 4.69) is 4.72 Å². The molecule has 0 saturated carbocycles. The van der Waals surface area contributed by atoms with Crippen LogP contribution in [-0.2, 0) is 23.2 Å². The number of thiophene rings is 1. The van der Waals surface area contributed by atoms with Crippen LogP contribution in [-0.4, -0.2) is 13.5 Å². The fourth-order valence-corrected chi connectivity index (χ4v) is 4.07. The molecule has 0 spiro atoms. The molecule has 102 valence electrons. The first-order chi connectivity index (χ1) is 9.03. The van der Waals surface area contributed by atoms with Crippen molar-refractivity contribution in [1.29, 1.82) is 0 Å². The minimum atomic E-state index is -3.57. The van der Waals surface area contributed by atoms with E-state index in [1.165, 1.54) is 17.4 Å².